The summed E-state index contributed by atoms with van der Waals surface area (Å²) >= 11 is 0. The molecule has 24 heavy (non-hydrogen) atoms. The molecule has 0 spiro atoms. The van der Waals surface area contributed by atoms with Crippen molar-refractivity contribution < 1.29 is 14.6 Å². The largest absolute Gasteiger partial charge is 0.504 e. The Balaban J connectivity index is 1.78. The Kier molecular flexibility index (Phi) is 6.71. The summed E-state index contributed by atoms with van der Waals surface area (Å²) in [6, 6.07) is 5.33. The van der Waals surface area contributed by atoms with Gasteiger partial charge in [0.1, 0.15) is 0 Å². The Morgan fingerprint density at radius 2 is 2.00 bits per heavy atom. The monoisotopic (exact) mass is 331 g/mol. The SMILES string of the molecule is COc1cc(CC(=O)NC2CCC(CC=C(C)C)CC2)ccc1O. The van der Waals surface area contributed by atoms with Gasteiger partial charge in [-0.1, -0.05) is 17.7 Å². The molecule has 0 bridgehead atoms. The third kappa shape index (κ3) is 5.59. The van der Waals surface area contributed by atoms with E-state index < -0.39 is 0 Å². The lowest BCUT2D eigenvalue weighted by Gasteiger charge is -2.28. The van der Waals surface area contributed by atoms with Crippen molar-refractivity contribution in [2.24, 2.45) is 5.92 Å². The molecule has 1 aliphatic carbocycles. The Morgan fingerprint density at radius 1 is 1.29 bits per heavy atom. The standard InChI is InChI=1S/C20H29NO3/c1-14(2)4-5-15-6-9-17(10-7-15)21-20(23)13-16-8-11-18(22)19(12-16)24-3/h4,8,11-12,15,17,22H,5-7,9-10,13H2,1-3H3,(H,21,23). The van der Waals surface area contributed by atoms with Gasteiger partial charge in [-0.05, 0) is 69.6 Å². The summed E-state index contributed by atoms with van der Waals surface area (Å²) in [7, 11) is 1.51. The minimum Gasteiger partial charge on any atom is -0.504 e. The minimum atomic E-state index is 0.0375. The van der Waals surface area contributed by atoms with Crippen molar-refractivity contribution in [3.05, 3.63) is 35.4 Å². The van der Waals surface area contributed by atoms with Gasteiger partial charge < -0.3 is 15.2 Å². The molecular formula is C20H29NO3. The predicted molar refractivity (Wildman–Crippen MR) is 96.3 cm³/mol. The zero-order chi connectivity index (χ0) is 17.5. The molecule has 0 aromatic heterocycles. The van der Waals surface area contributed by atoms with E-state index in [4.69, 9.17) is 4.74 Å². The first-order valence-corrected chi connectivity index (χ1v) is 8.76. The van der Waals surface area contributed by atoms with Crippen LogP contribution in [0.2, 0.25) is 0 Å². The van der Waals surface area contributed by atoms with E-state index >= 15 is 0 Å². The van der Waals surface area contributed by atoms with Crippen molar-refractivity contribution in [1.29, 1.82) is 0 Å². The Labute approximate surface area is 144 Å². The number of carbonyl (C=O) groups is 1. The molecule has 0 unspecified atom stereocenters. The minimum absolute atomic E-state index is 0.0375. The van der Waals surface area contributed by atoms with Crippen LogP contribution < -0.4 is 10.1 Å². The van der Waals surface area contributed by atoms with Gasteiger partial charge in [-0.2, -0.15) is 0 Å². The van der Waals surface area contributed by atoms with Crippen LogP contribution in [-0.2, 0) is 11.2 Å². The van der Waals surface area contributed by atoms with E-state index in [9.17, 15) is 9.90 Å². The lowest BCUT2D eigenvalue weighted by Crippen LogP contribution is -2.38. The molecule has 1 aromatic rings. The molecule has 0 atom stereocenters. The number of hydrogen-bond donors (Lipinski definition) is 2. The number of nitrogens with one attached hydrogen (secondary N) is 1. The van der Waals surface area contributed by atoms with Crippen molar-refractivity contribution in [3.8, 4) is 11.5 Å². The third-order valence-corrected chi connectivity index (χ3v) is 4.68. The van der Waals surface area contributed by atoms with Gasteiger partial charge in [-0.3, -0.25) is 4.79 Å². The fourth-order valence-electron chi connectivity index (χ4n) is 3.24. The van der Waals surface area contributed by atoms with Crippen LogP contribution in [0, 0.1) is 5.92 Å². The number of hydrogen-bond acceptors (Lipinski definition) is 3. The molecule has 0 heterocycles. The second kappa shape index (κ2) is 8.76. The molecule has 2 rings (SSSR count). The second-order valence-corrected chi connectivity index (χ2v) is 6.99. The van der Waals surface area contributed by atoms with Crippen molar-refractivity contribution in [3.63, 3.8) is 0 Å². The fourth-order valence-corrected chi connectivity index (χ4v) is 3.24. The summed E-state index contributed by atoms with van der Waals surface area (Å²) in [5.41, 5.74) is 2.23. The topological polar surface area (TPSA) is 58.6 Å². The van der Waals surface area contributed by atoms with Gasteiger partial charge in [0.05, 0.1) is 13.5 Å². The molecule has 1 fully saturated rings. The maximum absolute atomic E-state index is 12.2. The highest BCUT2D eigenvalue weighted by atomic mass is 16.5. The van der Waals surface area contributed by atoms with Crippen LogP contribution in [0.5, 0.6) is 11.5 Å². The van der Waals surface area contributed by atoms with E-state index in [0.717, 1.165) is 30.7 Å². The third-order valence-electron chi connectivity index (χ3n) is 4.68. The summed E-state index contributed by atoms with van der Waals surface area (Å²) in [5.74, 6) is 1.29. The highest BCUT2D eigenvalue weighted by molar-refractivity contribution is 5.79. The molecule has 4 nitrogen and oxygen atoms in total. The van der Waals surface area contributed by atoms with E-state index in [-0.39, 0.29) is 11.7 Å². The normalized spacial score (nSPS) is 20.3. The number of aromatic hydroxyl groups is 1. The van der Waals surface area contributed by atoms with Crippen LogP contribution in [0.4, 0.5) is 0 Å². The Morgan fingerprint density at radius 3 is 2.62 bits per heavy atom. The molecule has 1 amide bonds. The Bertz CT molecular complexity index is 583. The van der Waals surface area contributed by atoms with Crippen molar-refractivity contribution >= 4 is 5.91 Å². The zero-order valence-electron chi connectivity index (χ0n) is 15.0. The number of carbonyl (C=O) groups excluding carboxylic acids is 1. The molecule has 4 heteroatoms. The van der Waals surface area contributed by atoms with Crippen LogP contribution in [0.1, 0.15) is 51.5 Å². The summed E-state index contributed by atoms with van der Waals surface area (Å²) in [6.45, 7) is 4.29. The van der Waals surface area contributed by atoms with Crippen molar-refractivity contribution in [1.82, 2.24) is 5.32 Å². The summed E-state index contributed by atoms with van der Waals surface area (Å²) in [6.07, 6.45) is 8.29. The van der Waals surface area contributed by atoms with E-state index in [0.29, 0.717) is 18.2 Å². The van der Waals surface area contributed by atoms with Crippen molar-refractivity contribution in [2.75, 3.05) is 7.11 Å². The van der Waals surface area contributed by atoms with E-state index in [2.05, 4.69) is 25.2 Å². The molecular weight excluding hydrogens is 302 g/mol. The van der Waals surface area contributed by atoms with E-state index in [1.165, 1.54) is 25.5 Å². The summed E-state index contributed by atoms with van der Waals surface area (Å²) in [4.78, 5) is 12.2. The predicted octanol–water partition coefficient (Wildman–Crippen LogP) is 3.97. The van der Waals surface area contributed by atoms with Gasteiger partial charge in [0.25, 0.3) is 0 Å². The van der Waals surface area contributed by atoms with Crippen LogP contribution in [0.25, 0.3) is 0 Å². The first-order valence-electron chi connectivity index (χ1n) is 8.76. The molecule has 0 aliphatic heterocycles. The van der Waals surface area contributed by atoms with Crippen molar-refractivity contribution in [2.45, 2.75) is 58.4 Å². The first kappa shape index (κ1) is 18.4. The zero-order valence-corrected chi connectivity index (χ0v) is 15.0. The Hall–Kier alpha value is -1.97. The second-order valence-electron chi connectivity index (χ2n) is 6.99. The molecule has 1 saturated carbocycles. The fraction of sp³-hybridized carbons (Fsp3) is 0.550. The van der Waals surface area contributed by atoms with Gasteiger partial charge in [-0.15, -0.1) is 0 Å². The lowest BCUT2D eigenvalue weighted by molar-refractivity contribution is -0.121. The van der Waals surface area contributed by atoms with E-state index in [1.807, 2.05) is 0 Å². The maximum Gasteiger partial charge on any atom is 0.224 e. The first-order chi connectivity index (χ1) is 11.5. The highest BCUT2D eigenvalue weighted by Gasteiger charge is 2.21. The smallest absolute Gasteiger partial charge is 0.224 e. The van der Waals surface area contributed by atoms with Crippen LogP contribution in [0.15, 0.2) is 29.8 Å². The average Bonchev–Trinajstić information content (AvgIpc) is 2.56. The molecule has 2 N–H and O–H groups in total. The number of ether oxygens (including phenoxy) is 1. The number of benzene rings is 1. The highest BCUT2D eigenvalue weighted by Crippen LogP contribution is 2.28. The average molecular weight is 331 g/mol. The molecule has 0 radical (unpaired) electrons. The number of allylic oxidation sites excluding steroid dienone is 2. The van der Waals surface area contributed by atoms with Gasteiger partial charge in [-0.25, -0.2) is 0 Å². The number of methoxy groups -OCH3 is 1. The summed E-state index contributed by atoms with van der Waals surface area (Å²) in [5, 5.41) is 12.8. The number of phenolic OH excluding ortho intramolecular Hbond substituents is 1. The van der Waals surface area contributed by atoms with Gasteiger partial charge in [0.2, 0.25) is 5.91 Å². The quantitative estimate of drug-likeness (QED) is 0.775. The summed E-state index contributed by atoms with van der Waals surface area (Å²) < 4.78 is 5.08. The van der Waals surface area contributed by atoms with Crippen LogP contribution >= 0.6 is 0 Å². The number of amides is 1. The lowest BCUT2D eigenvalue weighted by atomic mass is 9.83. The van der Waals surface area contributed by atoms with E-state index in [1.54, 1.807) is 18.2 Å². The van der Waals surface area contributed by atoms with Crippen LogP contribution in [0.3, 0.4) is 0 Å². The van der Waals surface area contributed by atoms with Crippen LogP contribution in [-0.4, -0.2) is 24.2 Å². The molecule has 132 valence electrons. The molecule has 1 aromatic carbocycles. The van der Waals surface area contributed by atoms with Gasteiger partial charge in [0, 0.05) is 6.04 Å². The van der Waals surface area contributed by atoms with Gasteiger partial charge in [0.15, 0.2) is 11.5 Å². The number of rotatable bonds is 6. The maximum atomic E-state index is 12.2. The molecule has 0 saturated heterocycles. The van der Waals surface area contributed by atoms with Gasteiger partial charge >= 0.3 is 0 Å². The molecule has 1 aliphatic rings. The number of phenols is 1.